The molecule has 1 aromatic carbocycles. The summed E-state index contributed by atoms with van der Waals surface area (Å²) in [7, 11) is 0. The Labute approximate surface area is 98.8 Å². The Morgan fingerprint density at radius 1 is 1.06 bits per heavy atom. The van der Waals surface area contributed by atoms with Gasteiger partial charge in [-0.1, -0.05) is 38.0 Å². The van der Waals surface area contributed by atoms with Crippen LogP contribution in [0.2, 0.25) is 0 Å². The van der Waals surface area contributed by atoms with Crippen LogP contribution in [0.5, 0.6) is 5.75 Å². The third kappa shape index (κ3) is 3.01. The Morgan fingerprint density at radius 2 is 1.75 bits per heavy atom. The SMILES string of the molecule is CCc1ccccc1OC1CCCCCC1. The summed E-state index contributed by atoms with van der Waals surface area (Å²) in [5.74, 6) is 1.11. The van der Waals surface area contributed by atoms with E-state index < -0.39 is 0 Å². The quantitative estimate of drug-likeness (QED) is 0.685. The molecule has 1 aliphatic rings. The first-order valence-corrected chi connectivity index (χ1v) is 6.64. The molecule has 1 aromatic rings. The zero-order valence-corrected chi connectivity index (χ0v) is 10.2. The van der Waals surface area contributed by atoms with E-state index in [9.17, 15) is 0 Å². The monoisotopic (exact) mass is 218 g/mol. The zero-order valence-electron chi connectivity index (χ0n) is 10.2. The van der Waals surface area contributed by atoms with Crippen molar-refractivity contribution in [2.45, 2.75) is 58.0 Å². The molecule has 0 unspecified atom stereocenters. The summed E-state index contributed by atoms with van der Waals surface area (Å²) in [5, 5.41) is 0. The minimum atomic E-state index is 0.454. The first-order chi connectivity index (χ1) is 7.90. The first kappa shape index (κ1) is 11.5. The van der Waals surface area contributed by atoms with Gasteiger partial charge in [0.05, 0.1) is 6.10 Å². The zero-order chi connectivity index (χ0) is 11.2. The van der Waals surface area contributed by atoms with Gasteiger partial charge in [-0.05, 0) is 43.7 Å². The Balaban J connectivity index is 2.01. The molecule has 0 aromatic heterocycles. The highest BCUT2D eigenvalue weighted by molar-refractivity contribution is 5.33. The van der Waals surface area contributed by atoms with Crippen LogP contribution in [0.15, 0.2) is 24.3 Å². The molecule has 16 heavy (non-hydrogen) atoms. The normalized spacial score (nSPS) is 18.1. The van der Waals surface area contributed by atoms with Crippen LogP contribution in [-0.4, -0.2) is 6.10 Å². The molecule has 2 rings (SSSR count). The van der Waals surface area contributed by atoms with E-state index in [0.29, 0.717) is 6.10 Å². The highest BCUT2D eigenvalue weighted by Gasteiger charge is 2.14. The maximum Gasteiger partial charge on any atom is 0.122 e. The van der Waals surface area contributed by atoms with Crippen LogP contribution in [-0.2, 0) is 6.42 Å². The Hall–Kier alpha value is -0.980. The fourth-order valence-corrected chi connectivity index (χ4v) is 2.45. The number of aryl methyl sites for hydroxylation is 1. The van der Waals surface area contributed by atoms with Gasteiger partial charge < -0.3 is 4.74 Å². The largest absolute Gasteiger partial charge is 0.490 e. The molecule has 1 saturated carbocycles. The van der Waals surface area contributed by atoms with Gasteiger partial charge in [-0.15, -0.1) is 0 Å². The van der Waals surface area contributed by atoms with E-state index in [4.69, 9.17) is 4.74 Å². The average molecular weight is 218 g/mol. The van der Waals surface area contributed by atoms with Gasteiger partial charge in [0.15, 0.2) is 0 Å². The number of rotatable bonds is 3. The molecule has 0 amide bonds. The molecule has 1 aliphatic carbocycles. The predicted octanol–water partition coefficient (Wildman–Crippen LogP) is 4.35. The molecule has 0 bridgehead atoms. The van der Waals surface area contributed by atoms with E-state index in [1.807, 2.05) is 0 Å². The molecule has 0 N–H and O–H groups in total. The molecule has 1 nitrogen and oxygen atoms in total. The summed E-state index contributed by atoms with van der Waals surface area (Å²) in [6.07, 6.45) is 9.41. The number of hydrogen-bond acceptors (Lipinski definition) is 1. The Morgan fingerprint density at radius 3 is 2.44 bits per heavy atom. The first-order valence-electron chi connectivity index (χ1n) is 6.64. The van der Waals surface area contributed by atoms with Crippen molar-refractivity contribution in [3.8, 4) is 5.75 Å². The Bertz CT molecular complexity index is 311. The van der Waals surface area contributed by atoms with E-state index >= 15 is 0 Å². The van der Waals surface area contributed by atoms with Crippen LogP contribution >= 0.6 is 0 Å². The van der Waals surface area contributed by atoms with Crippen LogP contribution in [0.4, 0.5) is 0 Å². The second-order valence-electron chi connectivity index (χ2n) is 4.69. The van der Waals surface area contributed by atoms with Gasteiger partial charge >= 0.3 is 0 Å². The maximum atomic E-state index is 6.16. The van der Waals surface area contributed by atoms with Crippen LogP contribution < -0.4 is 4.74 Å². The summed E-state index contributed by atoms with van der Waals surface area (Å²) in [4.78, 5) is 0. The molecule has 0 spiro atoms. The average Bonchev–Trinajstić information content (AvgIpc) is 2.58. The number of hydrogen-bond donors (Lipinski definition) is 0. The van der Waals surface area contributed by atoms with E-state index in [0.717, 1.165) is 12.2 Å². The van der Waals surface area contributed by atoms with E-state index in [1.165, 1.54) is 44.1 Å². The minimum Gasteiger partial charge on any atom is -0.490 e. The standard InChI is InChI=1S/C15H22O/c1-2-13-9-7-8-12-15(13)16-14-10-5-3-4-6-11-14/h7-9,12,14H,2-6,10-11H2,1H3. The number of para-hydroxylation sites is 1. The molecule has 1 heteroatoms. The lowest BCUT2D eigenvalue weighted by molar-refractivity contribution is 0.182. The van der Waals surface area contributed by atoms with Crippen molar-refractivity contribution in [3.05, 3.63) is 29.8 Å². The van der Waals surface area contributed by atoms with Gasteiger partial charge in [0.2, 0.25) is 0 Å². The summed E-state index contributed by atoms with van der Waals surface area (Å²) < 4.78 is 6.16. The second-order valence-corrected chi connectivity index (χ2v) is 4.69. The van der Waals surface area contributed by atoms with Gasteiger partial charge in [0.1, 0.15) is 5.75 Å². The Kier molecular flexibility index (Phi) is 4.26. The fraction of sp³-hybridized carbons (Fsp3) is 0.600. The fourth-order valence-electron chi connectivity index (χ4n) is 2.45. The van der Waals surface area contributed by atoms with Crippen molar-refractivity contribution < 1.29 is 4.74 Å². The molecule has 0 heterocycles. The smallest absolute Gasteiger partial charge is 0.122 e. The molecular weight excluding hydrogens is 196 g/mol. The lowest BCUT2D eigenvalue weighted by atomic mass is 10.1. The van der Waals surface area contributed by atoms with Gasteiger partial charge in [-0.3, -0.25) is 0 Å². The van der Waals surface area contributed by atoms with Gasteiger partial charge in [0, 0.05) is 0 Å². The second kappa shape index (κ2) is 5.93. The van der Waals surface area contributed by atoms with E-state index in [-0.39, 0.29) is 0 Å². The lowest BCUT2D eigenvalue weighted by Crippen LogP contribution is -2.15. The summed E-state index contributed by atoms with van der Waals surface area (Å²) in [6, 6.07) is 8.46. The van der Waals surface area contributed by atoms with Crippen molar-refractivity contribution in [2.75, 3.05) is 0 Å². The van der Waals surface area contributed by atoms with E-state index in [2.05, 4.69) is 31.2 Å². The van der Waals surface area contributed by atoms with Crippen molar-refractivity contribution in [1.82, 2.24) is 0 Å². The highest BCUT2D eigenvalue weighted by Crippen LogP contribution is 2.25. The summed E-state index contributed by atoms with van der Waals surface area (Å²) in [6.45, 7) is 2.19. The van der Waals surface area contributed by atoms with Crippen LogP contribution in [0, 0.1) is 0 Å². The topological polar surface area (TPSA) is 9.23 Å². The maximum absolute atomic E-state index is 6.16. The highest BCUT2D eigenvalue weighted by atomic mass is 16.5. The van der Waals surface area contributed by atoms with Crippen molar-refractivity contribution in [3.63, 3.8) is 0 Å². The van der Waals surface area contributed by atoms with Crippen LogP contribution in [0.25, 0.3) is 0 Å². The molecule has 0 aliphatic heterocycles. The lowest BCUT2D eigenvalue weighted by Gasteiger charge is -2.19. The molecule has 88 valence electrons. The predicted molar refractivity (Wildman–Crippen MR) is 67.9 cm³/mol. The van der Waals surface area contributed by atoms with Crippen molar-refractivity contribution in [2.24, 2.45) is 0 Å². The number of benzene rings is 1. The molecule has 0 atom stereocenters. The van der Waals surface area contributed by atoms with Crippen LogP contribution in [0.1, 0.15) is 51.0 Å². The van der Waals surface area contributed by atoms with Crippen molar-refractivity contribution >= 4 is 0 Å². The summed E-state index contributed by atoms with van der Waals surface area (Å²) >= 11 is 0. The summed E-state index contributed by atoms with van der Waals surface area (Å²) in [5.41, 5.74) is 1.34. The third-order valence-electron chi connectivity index (χ3n) is 3.45. The van der Waals surface area contributed by atoms with Crippen LogP contribution in [0.3, 0.4) is 0 Å². The van der Waals surface area contributed by atoms with Gasteiger partial charge in [0.25, 0.3) is 0 Å². The third-order valence-corrected chi connectivity index (χ3v) is 3.45. The molecular formula is C15H22O. The van der Waals surface area contributed by atoms with Gasteiger partial charge in [-0.2, -0.15) is 0 Å². The van der Waals surface area contributed by atoms with Gasteiger partial charge in [-0.25, -0.2) is 0 Å². The minimum absolute atomic E-state index is 0.454. The number of ether oxygens (including phenoxy) is 1. The van der Waals surface area contributed by atoms with E-state index in [1.54, 1.807) is 0 Å². The van der Waals surface area contributed by atoms with Crippen molar-refractivity contribution in [1.29, 1.82) is 0 Å². The molecule has 1 fully saturated rings. The molecule has 0 saturated heterocycles. The molecule has 0 radical (unpaired) electrons.